The van der Waals surface area contributed by atoms with Crippen molar-refractivity contribution in [2.24, 2.45) is 11.7 Å². The molecule has 7 nitrogen and oxygen atoms in total. The molecule has 2 fully saturated rings. The molecular formula is C21H24F3N3O4. The molecule has 0 radical (unpaired) electrons. The summed E-state index contributed by atoms with van der Waals surface area (Å²) >= 11 is 0. The van der Waals surface area contributed by atoms with Crippen LogP contribution in [0.5, 0.6) is 0 Å². The summed E-state index contributed by atoms with van der Waals surface area (Å²) in [4.78, 5) is 25.9. The molecule has 2 saturated heterocycles. The first-order valence-corrected chi connectivity index (χ1v) is 10.0. The van der Waals surface area contributed by atoms with Crippen molar-refractivity contribution in [3.8, 4) is 0 Å². The highest BCUT2D eigenvalue weighted by atomic mass is 19.3. The Kier molecular flexibility index (Phi) is 5.05. The Balaban J connectivity index is 1.93. The Labute approximate surface area is 176 Å². The number of anilines is 1. The van der Waals surface area contributed by atoms with E-state index in [4.69, 9.17) is 10.5 Å². The van der Waals surface area contributed by atoms with Gasteiger partial charge in [-0.2, -0.15) is 0 Å². The number of ether oxygens (including phenoxy) is 1. The Morgan fingerprint density at radius 3 is 2.71 bits per heavy atom. The van der Waals surface area contributed by atoms with Crippen LogP contribution in [-0.4, -0.2) is 53.9 Å². The zero-order valence-electron chi connectivity index (χ0n) is 17.2. The summed E-state index contributed by atoms with van der Waals surface area (Å²) in [6.07, 6.45) is -1.17. The molecular weight excluding hydrogens is 415 g/mol. The molecule has 1 aromatic carbocycles. The normalized spacial score (nSPS) is 23.7. The summed E-state index contributed by atoms with van der Waals surface area (Å²) in [5.74, 6) is -2.19. The van der Waals surface area contributed by atoms with Gasteiger partial charge in [-0.05, 0) is 32.4 Å². The number of carbonyl (C=O) groups is 1. The summed E-state index contributed by atoms with van der Waals surface area (Å²) in [6.45, 7) is 4.13. The zero-order chi connectivity index (χ0) is 22.7. The highest BCUT2D eigenvalue weighted by Gasteiger charge is 2.50. The van der Waals surface area contributed by atoms with E-state index in [1.54, 1.807) is 4.90 Å². The van der Waals surface area contributed by atoms with E-state index in [2.05, 4.69) is 0 Å². The van der Waals surface area contributed by atoms with Gasteiger partial charge in [0.05, 0.1) is 16.7 Å². The molecule has 1 aromatic heterocycles. The molecule has 2 atom stereocenters. The molecule has 2 aromatic rings. The zero-order valence-corrected chi connectivity index (χ0v) is 17.2. The number of nitrogens with zero attached hydrogens (tertiary/aromatic N) is 2. The molecule has 10 heteroatoms. The number of carboxylic acids is 1. The lowest BCUT2D eigenvalue weighted by molar-refractivity contribution is 0.0126. The van der Waals surface area contributed by atoms with E-state index in [-0.39, 0.29) is 29.1 Å². The number of hydrogen-bond acceptors (Lipinski definition) is 5. The van der Waals surface area contributed by atoms with E-state index >= 15 is 4.39 Å². The summed E-state index contributed by atoms with van der Waals surface area (Å²) in [7, 11) is 0. The van der Waals surface area contributed by atoms with Gasteiger partial charge < -0.3 is 25.0 Å². The summed E-state index contributed by atoms with van der Waals surface area (Å²) in [6, 6.07) is 2.27. The van der Waals surface area contributed by atoms with Crippen LogP contribution in [0.2, 0.25) is 0 Å². The number of aromatic carboxylic acids is 1. The molecule has 2 aliphatic heterocycles. The smallest absolute Gasteiger partial charge is 0.341 e. The van der Waals surface area contributed by atoms with Crippen molar-refractivity contribution in [3.05, 3.63) is 39.9 Å². The van der Waals surface area contributed by atoms with Gasteiger partial charge in [0.15, 0.2) is 0 Å². The summed E-state index contributed by atoms with van der Waals surface area (Å²) in [5, 5.41) is 9.10. The minimum absolute atomic E-state index is 0.0384. The maximum absolute atomic E-state index is 15.1. The number of carboxylic acid groups (broad SMARTS) is 1. The molecule has 3 heterocycles. The number of alkyl halides is 2. The van der Waals surface area contributed by atoms with E-state index in [1.165, 1.54) is 19.9 Å². The van der Waals surface area contributed by atoms with Crippen LogP contribution in [0.25, 0.3) is 10.9 Å². The number of aromatic nitrogens is 1. The van der Waals surface area contributed by atoms with E-state index < -0.39 is 40.3 Å². The molecule has 0 spiro atoms. The number of hydrogen-bond donors (Lipinski definition) is 2. The first-order valence-electron chi connectivity index (χ1n) is 10.0. The van der Waals surface area contributed by atoms with Crippen LogP contribution in [0.3, 0.4) is 0 Å². The molecule has 0 aliphatic carbocycles. The number of fused-ring (bicyclic) bond motifs is 2. The monoisotopic (exact) mass is 439 g/mol. The predicted octanol–water partition coefficient (Wildman–Crippen LogP) is 2.39. The van der Waals surface area contributed by atoms with Gasteiger partial charge in [-0.1, -0.05) is 0 Å². The van der Waals surface area contributed by atoms with Gasteiger partial charge in [0, 0.05) is 43.7 Å². The Morgan fingerprint density at radius 2 is 2.13 bits per heavy atom. The first kappa shape index (κ1) is 21.6. The molecule has 4 rings (SSSR count). The van der Waals surface area contributed by atoms with Crippen molar-refractivity contribution in [2.45, 2.75) is 37.8 Å². The second-order valence-electron chi connectivity index (χ2n) is 8.81. The van der Waals surface area contributed by atoms with Gasteiger partial charge in [-0.15, -0.1) is 0 Å². The quantitative estimate of drug-likeness (QED) is 0.743. The first-order chi connectivity index (χ1) is 14.5. The van der Waals surface area contributed by atoms with Gasteiger partial charge in [-0.25, -0.2) is 18.0 Å². The fourth-order valence-electron chi connectivity index (χ4n) is 4.66. The molecule has 0 saturated carbocycles. The molecule has 3 N–H and O–H groups in total. The SMILES string of the molecule is CC(C)(C(F)F)n1cc(C(=O)O)c(=O)c2cc(F)c(N3CC4CCOC4(CN)C3)cc21. The van der Waals surface area contributed by atoms with Crippen molar-refractivity contribution in [1.29, 1.82) is 0 Å². The Hall–Kier alpha value is -2.59. The maximum Gasteiger partial charge on any atom is 0.341 e. The van der Waals surface area contributed by atoms with Gasteiger partial charge in [0.1, 0.15) is 17.0 Å². The third-order valence-electron chi connectivity index (χ3n) is 6.64. The van der Waals surface area contributed by atoms with E-state index in [9.17, 15) is 23.5 Å². The van der Waals surface area contributed by atoms with Crippen LogP contribution in [-0.2, 0) is 10.3 Å². The van der Waals surface area contributed by atoms with Crippen LogP contribution < -0.4 is 16.1 Å². The lowest BCUT2D eigenvalue weighted by Crippen LogP contribution is -2.44. The number of pyridine rings is 1. The van der Waals surface area contributed by atoms with Crippen LogP contribution in [0.15, 0.2) is 23.1 Å². The number of benzene rings is 1. The lowest BCUT2D eigenvalue weighted by Gasteiger charge is -2.31. The van der Waals surface area contributed by atoms with Crippen molar-refractivity contribution < 1.29 is 27.8 Å². The fourth-order valence-corrected chi connectivity index (χ4v) is 4.66. The van der Waals surface area contributed by atoms with E-state index in [1.807, 2.05) is 0 Å². The molecule has 0 amide bonds. The third-order valence-corrected chi connectivity index (χ3v) is 6.64. The van der Waals surface area contributed by atoms with Crippen LogP contribution in [0.1, 0.15) is 30.6 Å². The van der Waals surface area contributed by atoms with Gasteiger partial charge in [0.2, 0.25) is 5.43 Å². The van der Waals surface area contributed by atoms with Crippen molar-refractivity contribution >= 4 is 22.6 Å². The van der Waals surface area contributed by atoms with Crippen LogP contribution >= 0.6 is 0 Å². The Morgan fingerprint density at radius 1 is 1.42 bits per heavy atom. The average Bonchev–Trinajstić information content (AvgIpc) is 3.25. The fraction of sp³-hybridized carbons (Fsp3) is 0.524. The molecule has 168 valence electrons. The Bertz CT molecular complexity index is 1120. The topological polar surface area (TPSA) is 97.8 Å². The van der Waals surface area contributed by atoms with E-state index in [0.29, 0.717) is 19.7 Å². The summed E-state index contributed by atoms with van der Waals surface area (Å²) in [5.41, 5.74) is 2.06. The third kappa shape index (κ3) is 3.20. The van der Waals surface area contributed by atoms with Crippen LogP contribution in [0.4, 0.5) is 18.9 Å². The van der Waals surface area contributed by atoms with Crippen LogP contribution in [0, 0.1) is 11.7 Å². The summed E-state index contributed by atoms with van der Waals surface area (Å²) < 4.78 is 49.7. The largest absolute Gasteiger partial charge is 0.477 e. The molecule has 2 aliphatic rings. The average molecular weight is 439 g/mol. The highest BCUT2D eigenvalue weighted by Crippen LogP contribution is 2.41. The van der Waals surface area contributed by atoms with Gasteiger partial charge >= 0.3 is 5.97 Å². The number of halogens is 3. The number of nitrogens with two attached hydrogens (primary N) is 1. The standard InChI is InChI=1S/C21H24F3N3O4/c1-20(2,19(23)24)27-8-13(18(29)30)17(28)12-5-14(22)16(6-15(12)27)26-7-11-3-4-31-21(11,9-25)10-26/h5-6,8,11,19H,3-4,7,9-10,25H2,1-2H3,(H,29,30). The molecule has 2 unspecified atom stereocenters. The lowest BCUT2D eigenvalue weighted by atomic mass is 9.91. The predicted molar refractivity (Wildman–Crippen MR) is 109 cm³/mol. The second kappa shape index (κ2) is 7.23. The minimum atomic E-state index is -2.87. The van der Waals surface area contributed by atoms with Gasteiger partial charge in [-0.3, -0.25) is 4.79 Å². The maximum atomic E-state index is 15.1. The van der Waals surface area contributed by atoms with Crippen molar-refractivity contribution in [2.75, 3.05) is 31.1 Å². The highest BCUT2D eigenvalue weighted by molar-refractivity contribution is 5.93. The molecule has 31 heavy (non-hydrogen) atoms. The minimum Gasteiger partial charge on any atom is -0.477 e. The number of rotatable bonds is 5. The van der Waals surface area contributed by atoms with Crippen molar-refractivity contribution in [3.63, 3.8) is 0 Å². The second-order valence-corrected chi connectivity index (χ2v) is 8.81. The van der Waals surface area contributed by atoms with E-state index in [0.717, 1.165) is 23.3 Å². The molecule has 0 bridgehead atoms. The van der Waals surface area contributed by atoms with Gasteiger partial charge in [0.25, 0.3) is 6.43 Å². The van der Waals surface area contributed by atoms with Crippen molar-refractivity contribution in [1.82, 2.24) is 4.57 Å².